The first-order valence-corrected chi connectivity index (χ1v) is 6.87. The second-order valence-corrected chi connectivity index (χ2v) is 4.44. The van der Waals surface area contributed by atoms with Crippen molar-refractivity contribution in [3.8, 4) is 5.75 Å². The number of nitrogens with zero attached hydrogens (tertiary/aromatic N) is 1. The second-order valence-electron chi connectivity index (χ2n) is 4.44. The van der Waals surface area contributed by atoms with Crippen LogP contribution >= 0.6 is 24.0 Å². The number of aryl methyl sites for hydroxylation is 1. The van der Waals surface area contributed by atoms with Crippen LogP contribution in [0.5, 0.6) is 5.75 Å². The average molecular weight is 391 g/mol. The van der Waals surface area contributed by atoms with Gasteiger partial charge in [-0.3, -0.25) is 0 Å². The summed E-state index contributed by atoms with van der Waals surface area (Å²) in [6.07, 6.45) is 1.08. The van der Waals surface area contributed by atoms with Crippen molar-refractivity contribution in [2.45, 2.75) is 33.7 Å². The Balaban J connectivity index is 0.00000361. The first-order chi connectivity index (χ1) is 9.21. The number of nitrogens with one attached hydrogen (secondary N) is 2. The third-order valence-electron chi connectivity index (χ3n) is 2.74. The minimum Gasteiger partial charge on any atom is -0.496 e. The fourth-order valence-electron chi connectivity index (χ4n) is 1.73. The highest BCUT2D eigenvalue weighted by Gasteiger charge is 2.03. The van der Waals surface area contributed by atoms with Crippen molar-refractivity contribution in [3.05, 3.63) is 29.3 Å². The second kappa shape index (κ2) is 10.8. The maximum atomic E-state index is 5.39. The molecule has 114 valence electrons. The number of methoxy groups -OCH3 is 1. The molecule has 1 aromatic rings. The zero-order valence-corrected chi connectivity index (χ0v) is 15.2. The Morgan fingerprint density at radius 3 is 2.60 bits per heavy atom. The number of benzene rings is 1. The molecule has 1 aromatic carbocycles. The zero-order valence-electron chi connectivity index (χ0n) is 12.8. The molecule has 0 fully saturated rings. The first-order valence-electron chi connectivity index (χ1n) is 6.87. The first kappa shape index (κ1) is 19.0. The van der Waals surface area contributed by atoms with E-state index in [0.29, 0.717) is 6.54 Å². The molecular formula is C15H26IN3O. The molecule has 0 aliphatic heterocycles. The molecule has 2 N–H and O–H groups in total. The molecule has 0 spiro atoms. The van der Waals surface area contributed by atoms with Gasteiger partial charge in [-0.25, -0.2) is 4.99 Å². The Hall–Kier alpha value is -0.980. The summed E-state index contributed by atoms with van der Waals surface area (Å²) in [4.78, 5) is 4.57. The molecule has 4 nitrogen and oxygen atoms in total. The van der Waals surface area contributed by atoms with Gasteiger partial charge >= 0.3 is 0 Å². The molecule has 1 rings (SSSR count). The SMILES string of the molecule is CCCNC(=NCc1ccc(C)cc1OC)NCC.I. The summed E-state index contributed by atoms with van der Waals surface area (Å²) in [5.74, 6) is 1.75. The van der Waals surface area contributed by atoms with Gasteiger partial charge in [-0.1, -0.05) is 19.1 Å². The van der Waals surface area contributed by atoms with Crippen LogP contribution in [0.4, 0.5) is 0 Å². The number of halogens is 1. The minimum absolute atomic E-state index is 0. The maximum absolute atomic E-state index is 5.39. The standard InChI is InChI=1S/C15H25N3O.HI/c1-5-9-17-15(16-6-2)18-11-13-8-7-12(3)10-14(13)19-4;/h7-8,10H,5-6,9,11H2,1-4H3,(H2,16,17,18);1H. The van der Waals surface area contributed by atoms with Crippen LogP contribution < -0.4 is 15.4 Å². The van der Waals surface area contributed by atoms with E-state index >= 15 is 0 Å². The van der Waals surface area contributed by atoms with Crippen LogP contribution in [-0.2, 0) is 6.54 Å². The van der Waals surface area contributed by atoms with Gasteiger partial charge in [-0.15, -0.1) is 24.0 Å². The van der Waals surface area contributed by atoms with Crippen molar-refractivity contribution >= 4 is 29.9 Å². The average Bonchev–Trinajstić information content (AvgIpc) is 2.42. The van der Waals surface area contributed by atoms with Crippen molar-refractivity contribution in [3.63, 3.8) is 0 Å². The fourth-order valence-corrected chi connectivity index (χ4v) is 1.73. The molecule has 0 saturated heterocycles. The largest absolute Gasteiger partial charge is 0.496 e. The van der Waals surface area contributed by atoms with Crippen LogP contribution in [-0.4, -0.2) is 26.2 Å². The molecule has 5 heteroatoms. The normalized spacial score (nSPS) is 10.7. The number of rotatable bonds is 6. The molecule has 0 aliphatic carbocycles. The fraction of sp³-hybridized carbons (Fsp3) is 0.533. The number of aliphatic imine (C=N–C) groups is 1. The van der Waals surface area contributed by atoms with Crippen LogP contribution in [0, 0.1) is 6.92 Å². The van der Waals surface area contributed by atoms with Crippen molar-refractivity contribution in [2.24, 2.45) is 4.99 Å². The highest BCUT2D eigenvalue weighted by atomic mass is 127. The molecule has 0 heterocycles. The van der Waals surface area contributed by atoms with Crippen molar-refractivity contribution in [1.29, 1.82) is 0 Å². The van der Waals surface area contributed by atoms with Crippen LogP contribution in [0.15, 0.2) is 23.2 Å². The van der Waals surface area contributed by atoms with E-state index in [1.807, 2.05) is 6.07 Å². The smallest absolute Gasteiger partial charge is 0.191 e. The Kier molecular flexibility index (Phi) is 10.2. The van der Waals surface area contributed by atoms with Crippen LogP contribution in [0.3, 0.4) is 0 Å². The highest BCUT2D eigenvalue weighted by Crippen LogP contribution is 2.20. The maximum Gasteiger partial charge on any atom is 0.191 e. The van der Waals surface area contributed by atoms with Crippen molar-refractivity contribution < 1.29 is 4.74 Å². The van der Waals surface area contributed by atoms with Gasteiger partial charge in [0.1, 0.15) is 5.75 Å². The monoisotopic (exact) mass is 391 g/mol. The van der Waals surface area contributed by atoms with Gasteiger partial charge < -0.3 is 15.4 Å². The molecule has 0 unspecified atom stereocenters. The van der Waals surface area contributed by atoms with E-state index in [2.05, 4.69) is 48.5 Å². The van der Waals surface area contributed by atoms with E-state index in [9.17, 15) is 0 Å². The van der Waals surface area contributed by atoms with Crippen molar-refractivity contribution in [1.82, 2.24) is 10.6 Å². The number of hydrogen-bond donors (Lipinski definition) is 2. The van der Waals surface area contributed by atoms with Gasteiger partial charge in [0.25, 0.3) is 0 Å². The summed E-state index contributed by atoms with van der Waals surface area (Å²) in [5, 5.41) is 6.52. The molecule has 0 bridgehead atoms. The Morgan fingerprint density at radius 2 is 2.00 bits per heavy atom. The molecular weight excluding hydrogens is 365 g/mol. The summed E-state index contributed by atoms with van der Waals surface area (Å²) in [6, 6.07) is 6.19. The molecule has 0 aromatic heterocycles. The van der Waals surface area contributed by atoms with E-state index in [4.69, 9.17) is 4.74 Å². The Morgan fingerprint density at radius 1 is 1.25 bits per heavy atom. The van der Waals surface area contributed by atoms with E-state index in [0.717, 1.165) is 36.8 Å². The Bertz CT molecular complexity index is 422. The zero-order chi connectivity index (χ0) is 14.1. The topological polar surface area (TPSA) is 45.7 Å². The lowest BCUT2D eigenvalue weighted by atomic mass is 10.1. The van der Waals surface area contributed by atoms with Crippen molar-refractivity contribution in [2.75, 3.05) is 20.2 Å². The number of ether oxygens (including phenoxy) is 1. The lowest BCUT2D eigenvalue weighted by Crippen LogP contribution is -2.37. The Labute approximate surface area is 139 Å². The molecule has 0 aliphatic rings. The summed E-state index contributed by atoms with van der Waals surface area (Å²) in [5.41, 5.74) is 2.29. The number of guanidine groups is 1. The quantitative estimate of drug-likeness (QED) is 0.445. The highest BCUT2D eigenvalue weighted by molar-refractivity contribution is 14.0. The predicted molar refractivity (Wildman–Crippen MR) is 96.3 cm³/mol. The summed E-state index contributed by atoms with van der Waals surface area (Å²) < 4.78 is 5.39. The van der Waals surface area contributed by atoms with Crippen LogP contribution in [0.1, 0.15) is 31.4 Å². The van der Waals surface area contributed by atoms with Crippen LogP contribution in [0.25, 0.3) is 0 Å². The molecule has 20 heavy (non-hydrogen) atoms. The van der Waals surface area contributed by atoms with Crippen LogP contribution in [0.2, 0.25) is 0 Å². The molecule has 0 atom stereocenters. The van der Waals surface area contributed by atoms with Gasteiger partial charge in [-0.05, 0) is 31.9 Å². The predicted octanol–water partition coefficient (Wildman–Crippen LogP) is 3.09. The number of hydrogen-bond acceptors (Lipinski definition) is 2. The van der Waals surface area contributed by atoms with E-state index in [-0.39, 0.29) is 24.0 Å². The summed E-state index contributed by atoms with van der Waals surface area (Å²) >= 11 is 0. The third kappa shape index (κ3) is 6.45. The van der Waals surface area contributed by atoms with Gasteiger partial charge in [0.15, 0.2) is 5.96 Å². The third-order valence-corrected chi connectivity index (χ3v) is 2.74. The van der Waals surface area contributed by atoms with Gasteiger partial charge in [0.05, 0.1) is 13.7 Å². The molecule has 0 radical (unpaired) electrons. The van der Waals surface area contributed by atoms with E-state index in [1.165, 1.54) is 5.56 Å². The summed E-state index contributed by atoms with van der Waals surface area (Å²) in [7, 11) is 1.70. The minimum atomic E-state index is 0. The molecule has 0 amide bonds. The van der Waals surface area contributed by atoms with Gasteiger partial charge in [0.2, 0.25) is 0 Å². The molecule has 0 saturated carbocycles. The van der Waals surface area contributed by atoms with Gasteiger partial charge in [0, 0.05) is 18.7 Å². The van der Waals surface area contributed by atoms with E-state index in [1.54, 1.807) is 7.11 Å². The van der Waals surface area contributed by atoms with Gasteiger partial charge in [-0.2, -0.15) is 0 Å². The lowest BCUT2D eigenvalue weighted by Gasteiger charge is -2.11. The van der Waals surface area contributed by atoms with E-state index < -0.39 is 0 Å². The lowest BCUT2D eigenvalue weighted by molar-refractivity contribution is 0.409. The summed E-state index contributed by atoms with van der Waals surface area (Å²) in [6.45, 7) is 8.66.